The van der Waals surface area contributed by atoms with Gasteiger partial charge >= 0.3 is 11.8 Å². The number of hydrogen-bond donors (Lipinski definition) is 1. The second-order valence-electron chi connectivity index (χ2n) is 5.93. The molecular formula is C13H20N2O5. The highest BCUT2D eigenvalue weighted by molar-refractivity contribution is 5.68. The molecule has 0 saturated carbocycles. The van der Waals surface area contributed by atoms with Gasteiger partial charge in [0.15, 0.2) is 6.26 Å². The number of ether oxygens (including phenoxy) is 1. The Balaban J connectivity index is 1.96. The summed E-state index contributed by atoms with van der Waals surface area (Å²) < 4.78 is 11.2. The number of rotatable bonds is 1. The van der Waals surface area contributed by atoms with Gasteiger partial charge in [0.05, 0.1) is 0 Å². The molecule has 1 aliphatic rings. The van der Waals surface area contributed by atoms with Gasteiger partial charge in [0.2, 0.25) is 5.88 Å². The van der Waals surface area contributed by atoms with Gasteiger partial charge in [-0.2, -0.15) is 0 Å². The minimum Gasteiger partial charge on any atom is -0.492 e. The molecule has 2 heterocycles. The largest absolute Gasteiger partial charge is 0.492 e. The van der Waals surface area contributed by atoms with Gasteiger partial charge in [-0.1, -0.05) is 0 Å². The Bertz CT molecular complexity index is 532. The fourth-order valence-corrected chi connectivity index (χ4v) is 2.28. The molecule has 1 N–H and O–H groups in total. The summed E-state index contributed by atoms with van der Waals surface area (Å²) in [5, 5.41) is 9.58. The lowest BCUT2D eigenvalue weighted by Crippen LogP contribution is -2.42. The zero-order valence-electron chi connectivity index (χ0n) is 12.0. The highest BCUT2D eigenvalue weighted by atomic mass is 16.6. The Labute approximate surface area is 116 Å². The van der Waals surface area contributed by atoms with Gasteiger partial charge in [0.1, 0.15) is 5.60 Å². The summed E-state index contributed by atoms with van der Waals surface area (Å²) in [5.74, 6) is -0.746. The number of oxazole rings is 1. The Morgan fingerprint density at radius 2 is 2.00 bits per heavy atom. The molecule has 0 aliphatic carbocycles. The topological polar surface area (TPSA) is 84.9 Å². The maximum absolute atomic E-state index is 11.9. The van der Waals surface area contributed by atoms with Gasteiger partial charge in [-0.15, -0.1) is 0 Å². The zero-order chi connectivity index (χ0) is 14.9. The maximum atomic E-state index is 11.9. The van der Waals surface area contributed by atoms with Crippen LogP contribution in [0.15, 0.2) is 15.5 Å². The van der Waals surface area contributed by atoms with E-state index in [2.05, 4.69) is 4.42 Å². The number of amides is 1. The van der Waals surface area contributed by atoms with Crippen molar-refractivity contribution in [2.24, 2.45) is 0 Å². The van der Waals surface area contributed by atoms with Gasteiger partial charge in [-0.05, 0) is 33.6 Å². The first-order chi connectivity index (χ1) is 9.28. The third kappa shape index (κ3) is 3.15. The third-order valence-electron chi connectivity index (χ3n) is 3.19. The van der Waals surface area contributed by atoms with Crippen LogP contribution in [0.3, 0.4) is 0 Å². The number of aromatic hydroxyl groups is 1. The van der Waals surface area contributed by atoms with Crippen LogP contribution in [0.1, 0.15) is 39.7 Å². The number of likely N-dealkylation sites (tertiary alicyclic amines) is 1. The van der Waals surface area contributed by atoms with Crippen LogP contribution in [0.2, 0.25) is 0 Å². The summed E-state index contributed by atoms with van der Waals surface area (Å²) >= 11 is 0. The first-order valence-corrected chi connectivity index (χ1v) is 6.65. The predicted octanol–water partition coefficient (Wildman–Crippen LogP) is 1.72. The maximum Gasteiger partial charge on any atom is 0.422 e. The molecule has 1 amide bonds. The zero-order valence-corrected chi connectivity index (χ0v) is 12.0. The molecule has 0 bridgehead atoms. The normalized spacial score (nSPS) is 17.2. The summed E-state index contributed by atoms with van der Waals surface area (Å²) in [6.07, 6.45) is 1.83. The van der Waals surface area contributed by atoms with E-state index in [1.807, 2.05) is 20.8 Å². The van der Waals surface area contributed by atoms with Gasteiger partial charge in [0, 0.05) is 19.1 Å². The lowest BCUT2D eigenvalue weighted by atomic mass is 10.1. The Hall–Kier alpha value is -1.92. The molecule has 20 heavy (non-hydrogen) atoms. The monoisotopic (exact) mass is 284 g/mol. The molecule has 0 radical (unpaired) electrons. The van der Waals surface area contributed by atoms with Crippen LogP contribution in [0, 0.1) is 0 Å². The summed E-state index contributed by atoms with van der Waals surface area (Å²) in [4.78, 5) is 25.0. The van der Waals surface area contributed by atoms with Crippen LogP contribution in [-0.2, 0) is 4.74 Å². The fraction of sp³-hybridized carbons (Fsp3) is 0.692. The van der Waals surface area contributed by atoms with Crippen molar-refractivity contribution >= 4 is 6.09 Å². The van der Waals surface area contributed by atoms with Gasteiger partial charge < -0.3 is 19.2 Å². The lowest BCUT2D eigenvalue weighted by molar-refractivity contribution is 0.0185. The lowest BCUT2D eigenvalue weighted by Gasteiger charge is -2.33. The third-order valence-corrected chi connectivity index (χ3v) is 3.19. The molecule has 1 aromatic rings. The van der Waals surface area contributed by atoms with E-state index in [-0.39, 0.29) is 18.0 Å². The molecule has 7 nitrogen and oxygen atoms in total. The average molecular weight is 284 g/mol. The minimum atomic E-state index is -0.571. The minimum absolute atomic E-state index is 0.153. The second kappa shape index (κ2) is 5.22. The van der Waals surface area contributed by atoms with Crippen molar-refractivity contribution in [2.75, 3.05) is 13.1 Å². The van der Waals surface area contributed by atoms with Crippen molar-refractivity contribution in [1.82, 2.24) is 9.47 Å². The van der Waals surface area contributed by atoms with E-state index < -0.39 is 11.4 Å². The van der Waals surface area contributed by atoms with E-state index in [0.717, 1.165) is 6.26 Å². The number of nitrogens with zero attached hydrogens (tertiary/aromatic N) is 2. The van der Waals surface area contributed by atoms with Crippen molar-refractivity contribution < 1.29 is 19.1 Å². The van der Waals surface area contributed by atoms with Crippen molar-refractivity contribution in [3.8, 4) is 5.88 Å². The molecule has 0 atom stereocenters. The summed E-state index contributed by atoms with van der Waals surface area (Å²) in [6.45, 7) is 6.43. The molecule has 0 aromatic carbocycles. The average Bonchev–Trinajstić information content (AvgIpc) is 2.67. The van der Waals surface area contributed by atoms with Crippen LogP contribution in [0.25, 0.3) is 0 Å². The highest BCUT2D eigenvalue weighted by Gasteiger charge is 2.29. The fourth-order valence-electron chi connectivity index (χ4n) is 2.28. The smallest absolute Gasteiger partial charge is 0.422 e. The van der Waals surface area contributed by atoms with Crippen LogP contribution in [0.5, 0.6) is 5.88 Å². The molecule has 0 spiro atoms. The first-order valence-electron chi connectivity index (χ1n) is 6.65. The number of aromatic nitrogens is 1. The first kappa shape index (κ1) is 14.5. The van der Waals surface area contributed by atoms with Crippen molar-refractivity contribution in [1.29, 1.82) is 0 Å². The van der Waals surface area contributed by atoms with Gasteiger partial charge in [0.25, 0.3) is 0 Å². The SMILES string of the molecule is CC(C)(C)OC(=O)N1CCC(n2c(O)coc2=O)CC1. The van der Waals surface area contributed by atoms with E-state index in [1.54, 1.807) is 4.90 Å². The van der Waals surface area contributed by atoms with E-state index in [9.17, 15) is 14.7 Å². The number of carbonyl (C=O) groups is 1. The quantitative estimate of drug-likeness (QED) is 0.848. The molecule has 2 rings (SSSR count). The number of carbonyl (C=O) groups excluding carboxylic acids is 1. The Morgan fingerprint density at radius 3 is 2.45 bits per heavy atom. The van der Waals surface area contributed by atoms with Crippen molar-refractivity contribution in [3.05, 3.63) is 16.8 Å². The van der Waals surface area contributed by atoms with E-state index in [4.69, 9.17) is 4.74 Å². The summed E-state index contributed by atoms with van der Waals surface area (Å²) in [7, 11) is 0. The molecule has 7 heteroatoms. The van der Waals surface area contributed by atoms with Crippen LogP contribution in [-0.4, -0.2) is 39.4 Å². The van der Waals surface area contributed by atoms with Crippen molar-refractivity contribution in [2.45, 2.75) is 45.3 Å². The summed E-state index contributed by atoms with van der Waals surface area (Å²) in [5.41, 5.74) is -0.520. The predicted molar refractivity (Wildman–Crippen MR) is 70.7 cm³/mol. The molecule has 1 aliphatic heterocycles. The summed E-state index contributed by atoms with van der Waals surface area (Å²) in [6, 6.07) is -0.153. The molecule has 0 unspecified atom stereocenters. The van der Waals surface area contributed by atoms with Crippen LogP contribution >= 0.6 is 0 Å². The van der Waals surface area contributed by atoms with Gasteiger partial charge in [-0.25, -0.2) is 14.2 Å². The molecule has 112 valence electrons. The van der Waals surface area contributed by atoms with E-state index >= 15 is 0 Å². The standard InChI is InChI=1S/C13H20N2O5/c1-13(2,3)20-11(17)14-6-4-9(5-7-14)15-10(16)8-19-12(15)18/h8-9,16H,4-7H2,1-3H3. The Morgan fingerprint density at radius 1 is 1.40 bits per heavy atom. The second-order valence-corrected chi connectivity index (χ2v) is 5.93. The van der Waals surface area contributed by atoms with E-state index in [1.165, 1.54) is 4.57 Å². The Kier molecular flexibility index (Phi) is 3.78. The van der Waals surface area contributed by atoms with E-state index in [0.29, 0.717) is 25.9 Å². The van der Waals surface area contributed by atoms with Crippen molar-refractivity contribution in [3.63, 3.8) is 0 Å². The molecule has 1 saturated heterocycles. The number of piperidine rings is 1. The van der Waals surface area contributed by atoms with Crippen LogP contribution < -0.4 is 5.76 Å². The molecule has 1 fully saturated rings. The number of hydrogen-bond acceptors (Lipinski definition) is 5. The van der Waals surface area contributed by atoms with Crippen LogP contribution in [0.4, 0.5) is 4.79 Å². The molecule has 1 aromatic heterocycles. The molecular weight excluding hydrogens is 264 g/mol. The van der Waals surface area contributed by atoms with Gasteiger partial charge in [-0.3, -0.25) is 0 Å². The highest BCUT2D eigenvalue weighted by Crippen LogP contribution is 2.26.